The molecule has 0 aromatic heterocycles. The Labute approximate surface area is 105 Å². The number of rotatable bonds is 2. The molecule has 0 radical (unpaired) electrons. The molecule has 0 amide bonds. The predicted octanol–water partition coefficient (Wildman–Crippen LogP) is 3.73. The second kappa shape index (κ2) is 4.75. The summed E-state index contributed by atoms with van der Waals surface area (Å²) in [6.45, 7) is 5.49. The van der Waals surface area contributed by atoms with E-state index in [4.69, 9.17) is 0 Å². The van der Waals surface area contributed by atoms with Gasteiger partial charge in [0.05, 0.1) is 0 Å². The Morgan fingerprint density at radius 2 is 1.56 bits per heavy atom. The summed E-state index contributed by atoms with van der Waals surface area (Å²) in [5, 5.41) is 0. The van der Waals surface area contributed by atoms with Crippen molar-refractivity contribution < 1.29 is 25.8 Å². The Kier molecular flexibility index (Phi) is 4.05. The van der Waals surface area contributed by atoms with Crippen LogP contribution in [-0.2, 0) is 14.3 Å². The zero-order valence-corrected chi connectivity index (χ0v) is 11.4. The molecule has 1 aliphatic carbocycles. The number of halogens is 3. The fraction of sp³-hybridized carbons (Fsp3) is 0.818. The van der Waals surface area contributed by atoms with Gasteiger partial charge in [-0.25, -0.2) is 0 Å². The van der Waals surface area contributed by atoms with E-state index >= 15 is 0 Å². The number of hydrogen-bond acceptors (Lipinski definition) is 3. The molecule has 0 N–H and O–H groups in total. The third-order valence-corrected chi connectivity index (χ3v) is 3.80. The minimum atomic E-state index is -5.55. The molecule has 0 fully saturated rings. The second-order valence-corrected chi connectivity index (χ2v) is 6.88. The number of hydrogen-bond donors (Lipinski definition) is 0. The maximum absolute atomic E-state index is 12.3. The van der Waals surface area contributed by atoms with Gasteiger partial charge in [0, 0.05) is 6.42 Å². The fourth-order valence-electron chi connectivity index (χ4n) is 1.94. The molecule has 0 saturated heterocycles. The van der Waals surface area contributed by atoms with Crippen LogP contribution >= 0.6 is 0 Å². The summed E-state index contributed by atoms with van der Waals surface area (Å²) < 4.78 is 63.2. The first-order valence-electron chi connectivity index (χ1n) is 5.68. The van der Waals surface area contributed by atoms with E-state index in [0.717, 1.165) is 6.42 Å². The summed E-state index contributed by atoms with van der Waals surface area (Å²) >= 11 is 0. The first kappa shape index (κ1) is 15.3. The first-order valence-corrected chi connectivity index (χ1v) is 7.09. The van der Waals surface area contributed by atoms with Crippen LogP contribution in [0.3, 0.4) is 0 Å². The quantitative estimate of drug-likeness (QED) is 0.574. The Balaban J connectivity index is 3.11. The highest BCUT2D eigenvalue weighted by Crippen LogP contribution is 2.39. The molecule has 0 aromatic rings. The van der Waals surface area contributed by atoms with E-state index in [9.17, 15) is 21.6 Å². The smallest absolute Gasteiger partial charge is 0.381 e. The molecular formula is C11H17F3O3S. The fourth-order valence-corrected chi connectivity index (χ4v) is 2.49. The van der Waals surface area contributed by atoms with Crippen molar-refractivity contribution in [2.75, 3.05) is 0 Å². The van der Waals surface area contributed by atoms with Gasteiger partial charge < -0.3 is 4.18 Å². The van der Waals surface area contributed by atoms with Gasteiger partial charge in [-0.2, -0.15) is 21.6 Å². The molecule has 0 atom stereocenters. The lowest BCUT2D eigenvalue weighted by Crippen LogP contribution is -2.27. The molecule has 0 unspecified atom stereocenters. The molecule has 1 rings (SSSR count). The third-order valence-electron chi connectivity index (χ3n) is 2.82. The van der Waals surface area contributed by atoms with Crippen molar-refractivity contribution in [2.45, 2.75) is 52.0 Å². The third kappa shape index (κ3) is 3.40. The molecule has 106 valence electrons. The van der Waals surface area contributed by atoms with Gasteiger partial charge in [0.1, 0.15) is 5.76 Å². The summed E-state index contributed by atoms with van der Waals surface area (Å²) in [4.78, 5) is 0. The zero-order chi connectivity index (χ0) is 14.2. The van der Waals surface area contributed by atoms with Crippen LogP contribution in [0.5, 0.6) is 0 Å². The predicted molar refractivity (Wildman–Crippen MR) is 61.0 cm³/mol. The Morgan fingerprint density at radius 3 is 2.00 bits per heavy atom. The summed E-state index contributed by atoms with van der Waals surface area (Å²) in [5.74, 6) is -0.0360. The minimum Gasteiger partial charge on any atom is -0.381 e. The maximum Gasteiger partial charge on any atom is 0.534 e. The lowest BCUT2D eigenvalue weighted by Gasteiger charge is -2.29. The SMILES string of the molecule is CC(C)(C)C1=C(OS(=O)(=O)C(F)(F)F)CCCC1. The van der Waals surface area contributed by atoms with E-state index in [2.05, 4.69) is 4.18 Å². The van der Waals surface area contributed by atoms with Gasteiger partial charge in [-0.3, -0.25) is 0 Å². The van der Waals surface area contributed by atoms with E-state index in [0.29, 0.717) is 18.4 Å². The van der Waals surface area contributed by atoms with Crippen molar-refractivity contribution >= 4 is 10.1 Å². The van der Waals surface area contributed by atoms with E-state index < -0.39 is 21.0 Å². The van der Waals surface area contributed by atoms with Crippen molar-refractivity contribution in [3.05, 3.63) is 11.3 Å². The number of alkyl halides is 3. The summed E-state index contributed by atoms with van der Waals surface area (Å²) in [5.41, 5.74) is -5.11. The molecule has 0 heterocycles. The highest BCUT2D eigenvalue weighted by atomic mass is 32.2. The van der Waals surface area contributed by atoms with Crippen molar-refractivity contribution in [2.24, 2.45) is 5.41 Å². The molecule has 0 saturated carbocycles. The monoisotopic (exact) mass is 286 g/mol. The standard InChI is InChI=1S/C11H17F3O3S/c1-10(2,3)8-6-4-5-7-9(8)17-18(15,16)11(12,13)14/h4-7H2,1-3H3. The molecule has 3 nitrogen and oxygen atoms in total. The lowest BCUT2D eigenvalue weighted by molar-refractivity contribution is -0.0525. The average molecular weight is 286 g/mol. The molecule has 0 bridgehead atoms. The van der Waals surface area contributed by atoms with Crippen LogP contribution in [-0.4, -0.2) is 13.9 Å². The lowest BCUT2D eigenvalue weighted by atomic mass is 9.79. The van der Waals surface area contributed by atoms with Gasteiger partial charge in [0.25, 0.3) is 0 Å². The van der Waals surface area contributed by atoms with Crippen molar-refractivity contribution in [1.82, 2.24) is 0 Å². The van der Waals surface area contributed by atoms with E-state index in [1.165, 1.54) is 0 Å². The summed E-state index contributed by atoms with van der Waals surface area (Å²) in [7, 11) is -5.55. The van der Waals surface area contributed by atoms with Crippen LogP contribution in [0, 0.1) is 5.41 Å². The van der Waals surface area contributed by atoms with Crippen LogP contribution in [0.25, 0.3) is 0 Å². The Hall–Kier alpha value is -0.720. The molecular weight excluding hydrogens is 269 g/mol. The van der Waals surface area contributed by atoms with Gasteiger partial charge in [0.15, 0.2) is 0 Å². The summed E-state index contributed by atoms with van der Waals surface area (Å²) in [6.07, 6.45) is 2.29. The van der Waals surface area contributed by atoms with Crippen LogP contribution in [0.15, 0.2) is 11.3 Å². The topological polar surface area (TPSA) is 43.4 Å². The van der Waals surface area contributed by atoms with Crippen LogP contribution in [0.1, 0.15) is 46.5 Å². The average Bonchev–Trinajstić information content (AvgIpc) is 2.14. The van der Waals surface area contributed by atoms with Gasteiger partial charge in [-0.15, -0.1) is 0 Å². The second-order valence-electron chi connectivity index (χ2n) is 5.34. The summed E-state index contributed by atoms with van der Waals surface area (Å²) in [6, 6.07) is 0. The molecule has 18 heavy (non-hydrogen) atoms. The van der Waals surface area contributed by atoms with Crippen LogP contribution in [0.4, 0.5) is 13.2 Å². The normalized spacial score (nSPS) is 19.0. The molecule has 1 aliphatic rings. The highest BCUT2D eigenvalue weighted by Gasteiger charge is 2.49. The molecule has 0 spiro atoms. The minimum absolute atomic E-state index is 0.0360. The van der Waals surface area contributed by atoms with Crippen LogP contribution < -0.4 is 0 Å². The van der Waals surface area contributed by atoms with E-state index in [1.807, 2.05) is 20.8 Å². The largest absolute Gasteiger partial charge is 0.534 e. The van der Waals surface area contributed by atoms with Gasteiger partial charge in [0.2, 0.25) is 0 Å². The van der Waals surface area contributed by atoms with Gasteiger partial charge >= 0.3 is 15.6 Å². The molecule has 0 aromatic carbocycles. The highest BCUT2D eigenvalue weighted by molar-refractivity contribution is 7.87. The van der Waals surface area contributed by atoms with Crippen molar-refractivity contribution in [1.29, 1.82) is 0 Å². The van der Waals surface area contributed by atoms with Crippen molar-refractivity contribution in [3.8, 4) is 0 Å². The molecule has 7 heteroatoms. The van der Waals surface area contributed by atoms with Gasteiger partial charge in [-0.1, -0.05) is 20.8 Å². The number of allylic oxidation sites excluding steroid dienone is 2. The van der Waals surface area contributed by atoms with Gasteiger partial charge in [-0.05, 0) is 30.3 Å². The Morgan fingerprint density at radius 1 is 1.06 bits per heavy atom. The van der Waals surface area contributed by atoms with Crippen molar-refractivity contribution in [3.63, 3.8) is 0 Å². The Bertz CT molecular complexity index is 441. The van der Waals surface area contributed by atoms with E-state index in [1.54, 1.807) is 0 Å². The van der Waals surface area contributed by atoms with Crippen LogP contribution in [0.2, 0.25) is 0 Å². The zero-order valence-electron chi connectivity index (χ0n) is 10.6. The van der Waals surface area contributed by atoms with E-state index in [-0.39, 0.29) is 12.2 Å². The first-order chi connectivity index (χ1) is 7.95. The maximum atomic E-state index is 12.3. The molecule has 0 aliphatic heterocycles.